The predicted octanol–water partition coefficient (Wildman–Crippen LogP) is 3.00. The molecule has 1 saturated heterocycles. The SMILES string of the molecule is CN1CCN(C(=O)c2ccc(Nc3ccn(-c4ccccc4)n3)cc2)CC1. The van der Waals surface area contributed by atoms with Gasteiger partial charge in [-0.3, -0.25) is 4.79 Å². The zero-order valence-corrected chi connectivity index (χ0v) is 15.4. The third-order valence-corrected chi connectivity index (χ3v) is 4.80. The fraction of sp³-hybridized carbons (Fsp3) is 0.238. The number of nitrogens with zero attached hydrogens (tertiary/aromatic N) is 4. The normalized spacial score (nSPS) is 14.9. The largest absolute Gasteiger partial charge is 0.339 e. The molecule has 27 heavy (non-hydrogen) atoms. The summed E-state index contributed by atoms with van der Waals surface area (Å²) in [5, 5.41) is 7.82. The van der Waals surface area contributed by atoms with E-state index in [-0.39, 0.29) is 5.91 Å². The van der Waals surface area contributed by atoms with Crippen molar-refractivity contribution < 1.29 is 4.79 Å². The molecule has 0 saturated carbocycles. The monoisotopic (exact) mass is 361 g/mol. The third kappa shape index (κ3) is 4.01. The van der Waals surface area contributed by atoms with Crippen LogP contribution in [0, 0.1) is 0 Å². The molecular formula is C21H23N5O. The molecule has 0 atom stereocenters. The first-order valence-corrected chi connectivity index (χ1v) is 9.15. The number of amides is 1. The standard InChI is InChI=1S/C21H23N5O/c1-24-13-15-25(16-14-24)21(27)17-7-9-18(10-8-17)22-20-11-12-26(23-20)19-5-3-2-4-6-19/h2-12H,13-16H2,1H3,(H,22,23). The molecule has 1 N–H and O–H groups in total. The van der Waals surface area contributed by atoms with Crippen LogP contribution >= 0.6 is 0 Å². The molecule has 6 nitrogen and oxygen atoms in total. The highest BCUT2D eigenvalue weighted by molar-refractivity contribution is 5.94. The summed E-state index contributed by atoms with van der Waals surface area (Å²) < 4.78 is 1.83. The van der Waals surface area contributed by atoms with Gasteiger partial charge in [0, 0.05) is 49.7 Å². The Morgan fingerprint density at radius 3 is 2.33 bits per heavy atom. The number of hydrogen-bond acceptors (Lipinski definition) is 4. The van der Waals surface area contributed by atoms with E-state index >= 15 is 0 Å². The lowest BCUT2D eigenvalue weighted by Gasteiger charge is -2.32. The maximum atomic E-state index is 12.6. The number of piperazine rings is 1. The molecule has 0 spiro atoms. The number of rotatable bonds is 4. The molecule has 1 aliphatic rings. The van der Waals surface area contributed by atoms with Crippen molar-refractivity contribution in [1.82, 2.24) is 19.6 Å². The van der Waals surface area contributed by atoms with E-state index in [0.717, 1.165) is 48.9 Å². The Balaban J connectivity index is 1.41. The lowest BCUT2D eigenvalue weighted by atomic mass is 10.1. The number of hydrogen-bond donors (Lipinski definition) is 1. The van der Waals surface area contributed by atoms with Gasteiger partial charge in [-0.2, -0.15) is 5.10 Å². The average Bonchev–Trinajstić information content (AvgIpc) is 3.18. The molecule has 3 aromatic rings. The Morgan fingerprint density at radius 1 is 0.926 bits per heavy atom. The van der Waals surface area contributed by atoms with E-state index in [1.54, 1.807) is 0 Å². The quantitative estimate of drug-likeness (QED) is 0.776. The lowest BCUT2D eigenvalue weighted by Crippen LogP contribution is -2.47. The second-order valence-corrected chi connectivity index (χ2v) is 6.78. The molecule has 6 heteroatoms. The number of aromatic nitrogens is 2. The molecule has 1 fully saturated rings. The number of carbonyl (C=O) groups is 1. The van der Waals surface area contributed by atoms with Gasteiger partial charge < -0.3 is 15.1 Å². The van der Waals surface area contributed by atoms with Crippen LogP contribution in [0.5, 0.6) is 0 Å². The van der Waals surface area contributed by atoms with Crippen molar-refractivity contribution >= 4 is 17.4 Å². The molecule has 2 heterocycles. The number of likely N-dealkylation sites (N-methyl/N-ethyl adjacent to an activating group) is 1. The van der Waals surface area contributed by atoms with Crippen LogP contribution in [0.4, 0.5) is 11.5 Å². The van der Waals surface area contributed by atoms with Gasteiger partial charge in [0.25, 0.3) is 5.91 Å². The van der Waals surface area contributed by atoms with E-state index in [2.05, 4.69) is 22.4 Å². The van der Waals surface area contributed by atoms with Crippen LogP contribution in [-0.2, 0) is 0 Å². The molecule has 0 bridgehead atoms. The Morgan fingerprint density at radius 2 is 1.63 bits per heavy atom. The zero-order valence-electron chi connectivity index (χ0n) is 15.4. The molecule has 4 rings (SSSR count). The maximum absolute atomic E-state index is 12.6. The molecule has 0 aliphatic carbocycles. The minimum atomic E-state index is 0.100. The second-order valence-electron chi connectivity index (χ2n) is 6.78. The average molecular weight is 361 g/mol. The van der Waals surface area contributed by atoms with E-state index in [4.69, 9.17) is 0 Å². The summed E-state index contributed by atoms with van der Waals surface area (Å²) in [7, 11) is 2.08. The minimum Gasteiger partial charge on any atom is -0.339 e. The van der Waals surface area contributed by atoms with Crippen molar-refractivity contribution in [3.8, 4) is 5.69 Å². The summed E-state index contributed by atoms with van der Waals surface area (Å²) >= 11 is 0. The van der Waals surface area contributed by atoms with Gasteiger partial charge in [0.15, 0.2) is 5.82 Å². The van der Waals surface area contributed by atoms with Crippen molar-refractivity contribution in [2.45, 2.75) is 0 Å². The van der Waals surface area contributed by atoms with Crippen LogP contribution in [0.15, 0.2) is 66.9 Å². The third-order valence-electron chi connectivity index (χ3n) is 4.80. The first kappa shape index (κ1) is 17.3. The number of nitrogens with one attached hydrogen (secondary N) is 1. The Hall–Kier alpha value is -3.12. The summed E-state index contributed by atoms with van der Waals surface area (Å²) in [5.74, 6) is 0.861. The van der Waals surface area contributed by atoms with Crippen molar-refractivity contribution in [2.75, 3.05) is 38.5 Å². The molecule has 1 amide bonds. The number of carbonyl (C=O) groups excluding carboxylic acids is 1. The van der Waals surface area contributed by atoms with Gasteiger partial charge in [-0.15, -0.1) is 0 Å². The Bertz CT molecular complexity index is 896. The van der Waals surface area contributed by atoms with Crippen molar-refractivity contribution in [3.05, 3.63) is 72.4 Å². The Labute approximate surface area is 159 Å². The predicted molar refractivity (Wildman–Crippen MR) is 107 cm³/mol. The Kier molecular flexibility index (Phi) is 4.89. The van der Waals surface area contributed by atoms with Gasteiger partial charge >= 0.3 is 0 Å². The first-order chi connectivity index (χ1) is 13.2. The van der Waals surface area contributed by atoms with E-state index in [1.807, 2.05) is 76.4 Å². The summed E-state index contributed by atoms with van der Waals surface area (Å²) in [6.07, 6.45) is 1.92. The van der Waals surface area contributed by atoms with Gasteiger partial charge in [0.1, 0.15) is 0 Å². The van der Waals surface area contributed by atoms with Gasteiger partial charge in [0.05, 0.1) is 5.69 Å². The van der Waals surface area contributed by atoms with Gasteiger partial charge in [-0.1, -0.05) is 18.2 Å². The van der Waals surface area contributed by atoms with Crippen molar-refractivity contribution in [3.63, 3.8) is 0 Å². The van der Waals surface area contributed by atoms with E-state index < -0.39 is 0 Å². The first-order valence-electron chi connectivity index (χ1n) is 9.15. The number of para-hydroxylation sites is 1. The topological polar surface area (TPSA) is 53.4 Å². The molecule has 2 aromatic carbocycles. The summed E-state index contributed by atoms with van der Waals surface area (Å²) in [4.78, 5) is 16.8. The highest BCUT2D eigenvalue weighted by Gasteiger charge is 2.20. The fourth-order valence-corrected chi connectivity index (χ4v) is 3.15. The minimum absolute atomic E-state index is 0.100. The second kappa shape index (κ2) is 7.63. The number of anilines is 2. The molecule has 0 radical (unpaired) electrons. The summed E-state index contributed by atoms with van der Waals surface area (Å²) in [6.45, 7) is 3.42. The lowest BCUT2D eigenvalue weighted by molar-refractivity contribution is 0.0664. The van der Waals surface area contributed by atoms with Gasteiger partial charge in [-0.25, -0.2) is 4.68 Å². The van der Waals surface area contributed by atoms with Crippen LogP contribution in [0.2, 0.25) is 0 Å². The highest BCUT2D eigenvalue weighted by Crippen LogP contribution is 2.18. The summed E-state index contributed by atoms with van der Waals surface area (Å²) in [5.41, 5.74) is 2.64. The van der Waals surface area contributed by atoms with E-state index in [1.165, 1.54) is 0 Å². The summed E-state index contributed by atoms with van der Waals surface area (Å²) in [6, 6.07) is 19.5. The molecule has 1 aliphatic heterocycles. The van der Waals surface area contributed by atoms with Crippen LogP contribution < -0.4 is 5.32 Å². The zero-order chi connectivity index (χ0) is 18.6. The smallest absolute Gasteiger partial charge is 0.253 e. The number of benzene rings is 2. The van der Waals surface area contributed by atoms with Crippen LogP contribution in [0.25, 0.3) is 5.69 Å². The van der Waals surface area contributed by atoms with Crippen molar-refractivity contribution in [2.24, 2.45) is 0 Å². The molecule has 1 aromatic heterocycles. The van der Waals surface area contributed by atoms with Crippen LogP contribution in [-0.4, -0.2) is 58.7 Å². The van der Waals surface area contributed by atoms with E-state index in [9.17, 15) is 4.79 Å². The van der Waals surface area contributed by atoms with Crippen LogP contribution in [0.1, 0.15) is 10.4 Å². The van der Waals surface area contributed by atoms with Gasteiger partial charge in [-0.05, 0) is 43.4 Å². The molecule has 138 valence electrons. The van der Waals surface area contributed by atoms with Crippen molar-refractivity contribution in [1.29, 1.82) is 0 Å². The van der Waals surface area contributed by atoms with E-state index in [0.29, 0.717) is 0 Å². The van der Waals surface area contributed by atoms with Gasteiger partial charge in [0.2, 0.25) is 0 Å². The molecular weight excluding hydrogens is 338 g/mol. The maximum Gasteiger partial charge on any atom is 0.253 e. The fourth-order valence-electron chi connectivity index (χ4n) is 3.15. The van der Waals surface area contributed by atoms with Crippen LogP contribution in [0.3, 0.4) is 0 Å². The molecule has 0 unspecified atom stereocenters. The highest BCUT2D eigenvalue weighted by atomic mass is 16.2.